The summed E-state index contributed by atoms with van der Waals surface area (Å²) >= 11 is 0. The van der Waals surface area contributed by atoms with Gasteiger partial charge in [0.1, 0.15) is 0 Å². The quantitative estimate of drug-likeness (QED) is 0.745. The lowest BCUT2D eigenvalue weighted by Gasteiger charge is -2.37. The molecule has 1 fully saturated rings. The van der Waals surface area contributed by atoms with Gasteiger partial charge in [-0.05, 0) is 12.3 Å². The lowest BCUT2D eigenvalue weighted by molar-refractivity contribution is -0.137. The van der Waals surface area contributed by atoms with E-state index >= 15 is 0 Å². The fourth-order valence-electron chi connectivity index (χ4n) is 2.09. The molecule has 0 aromatic rings. The van der Waals surface area contributed by atoms with Gasteiger partial charge in [-0.1, -0.05) is 6.92 Å². The van der Waals surface area contributed by atoms with Gasteiger partial charge in [0.2, 0.25) is 0 Å². The zero-order chi connectivity index (χ0) is 14.6. The summed E-state index contributed by atoms with van der Waals surface area (Å²) in [4.78, 5) is 10.5. The van der Waals surface area contributed by atoms with Crippen molar-refractivity contribution in [2.24, 2.45) is 5.92 Å². The number of hydrogen-bond donors (Lipinski definition) is 1. The van der Waals surface area contributed by atoms with Crippen LogP contribution in [0.2, 0.25) is 0 Å². The van der Waals surface area contributed by atoms with Gasteiger partial charge >= 0.3 is 5.97 Å². The molecule has 2 atom stereocenters. The molecule has 1 saturated heterocycles. The first kappa shape index (κ1) is 16.4. The van der Waals surface area contributed by atoms with Crippen molar-refractivity contribution < 1.29 is 23.1 Å². The topological polar surface area (TPSA) is 87.2 Å². The van der Waals surface area contributed by atoms with Crippen molar-refractivity contribution in [1.29, 1.82) is 0 Å². The number of methoxy groups -OCH3 is 1. The number of hydrogen-bond acceptors (Lipinski definition) is 4. The molecule has 19 heavy (non-hydrogen) atoms. The molecule has 1 N–H and O–H groups in total. The third-order valence-corrected chi connectivity index (χ3v) is 5.47. The predicted octanol–water partition coefficient (Wildman–Crippen LogP) is -0.00550. The molecule has 0 radical (unpaired) electrons. The highest BCUT2D eigenvalue weighted by atomic mass is 32.2. The smallest absolute Gasteiger partial charge is 0.304 e. The number of carboxylic acids is 1. The predicted molar refractivity (Wildman–Crippen MR) is 70.0 cm³/mol. The van der Waals surface area contributed by atoms with Crippen molar-refractivity contribution in [2.75, 3.05) is 33.8 Å². The minimum Gasteiger partial charge on any atom is -0.481 e. The molecule has 0 aromatic heterocycles. The average molecular weight is 294 g/mol. The molecule has 7 nitrogen and oxygen atoms in total. The lowest BCUT2D eigenvalue weighted by atomic mass is 9.97. The van der Waals surface area contributed by atoms with Gasteiger partial charge in [-0.3, -0.25) is 4.79 Å². The zero-order valence-electron chi connectivity index (χ0n) is 11.6. The van der Waals surface area contributed by atoms with Crippen LogP contribution in [0.3, 0.4) is 0 Å². The fraction of sp³-hybridized carbons (Fsp3) is 0.909. The molecule has 0 saturated carbocycles. The second-order valence-electron chi connectivity index (χ2n) is 4.87. The van der Waals surface area contributed by atoms with Gasteiger partial charge in [0, 0.05) is 33.8 Å². The summed E-state index contributed by atoms with van der Waals surface area (Å²) in [5.41, 5.74) is 0. The molecule has 0 bridgehead atoms. The van der Waals surface area contributed by atoms with Crippen molar-refractivity contribution in [1.82, 2.24) is 8.61 Å². The Morgan fingerprint density at radius 3 is 2.68 bits per heavy atom. The molecule has 1 heterocycles. The minimum absolute atomic E-state index is 0.0264. The SMILES string of the molecule is COC1CN(S(=O)(=O)N(C)CCC(=O)O)CCC1C. The third-order valence-electron chi connectivity index (χ3n) is 3.52. The summed E-state index contributed by atoms with van der Waals surface area (Å²) in [6, 6.07) is 0. The summed E-state index contributed by atoms with van der Waals surface area (Å²) in [5.74, 6) is -0.690. The highest BCUT2D eigenvalue weighted by molar-refractivity contribution is 7.86. The number of nitrogens with zero attached hydrogens (tertiary/aromatic N) is 2. The molecule has 0 spiro atoms. The van der Waals surface area contributed by atoms with Gasteiger partial charge in [-0.15, -0.1) is 0 Å². The van der Waals surface area contributed by atoms with Crippen molar-refractivity contribution in [3.05, 3.63) is 0 Å². The Hall–Kier alpha value is -0.700. The molecule has 1 rings (SSSR count). The standard InChI is InChI=1S/C11H22N2O5S/c1-9-4-7-13(8-10(9)18-3)19(16,17)12(2)6-5-11(14)15/h9-10H,4-8H2,1-3H3,(H,14,15). The van der Waals surface area contributed by atoms with Gasteiger partial charge in [0.05, 0.1) is 12.5 Å². The van der Waals surface area contributed by atoms with Crippen LogP contribution in [0.4, 0.5) is 0 Å². The number of carbonyl (C=O) groups is 1. The van der Waals surface area contributed by atoms with Crippen molar-refractivity contribution in [3.8, 4) is 0 Å². The maximum atomic E-state index is 12.3. The molecule has 0 aliphatic carbocycles. The van der Waals surface area contributed by atoms with E-state index in [4.69, 9.17) is 9.84 Å². The maximum Gasteiger partial charge on any atom is 0.304 e. The Labute approximate surface area is 114 Å². The second kappa shape index (κ2) is 6.65. The molecule has 1 aliphatic rings. The molecule has 1 aliphatic heterocycles. The van der Waals surface area contributed by atoms with Crippen LogP contribution in [-0.2, 0) is 19.7 Å². The third kappa shape index (κ3) is 4.13. The summed E-state index contributed by atoms with van der Waals surface area (Å²) in [5, 5.41) is 8.60. The van der Waals surface area contributed by atoms with E-state index in [0.29, 0.717) is 19.0 Å². The Balaban J connectivity index is 2.69. The van der Waals surface area contributed by atoms with Crippen LogP contribution in [0.1, 0.15) is 19.8 Å². The van der Waals surface area contributed by atoms with Gasteiger partial charge in [-0.25, -0.2) is 0 Å². The Kier molecular flexibility index (Phi) is 5.72. The van der Waals surface area contributed by atoms with Crippen LogP contribution in [0, 0.1) is 5.92 Å². The van der Waals surface area contributed by atoms with Gasteiger partial charge in [0.15, 0.2) is 0 Å². The van der Waals surface area contributed by atoms with Crippen LogP contribution in [0.15, 0.2) is 0 Å². The van der Waals surface area contributed by atoms with E-state index < -0.39 is 16.2 Å². The first-order valence-corrected chi connectivity index (χ1v) is 7.64. The van der Waals surface area contributed by atoms with Gasteiger partial charge < -0.3 is 9.84 Å². The van der Waals surface area contributed by atoms with Crippen LogP contribution >= 0.6 is 0 Å². The normalized spacial score (nSPS) is 25.7. The fourth-order valence-corrected chi connectivity index (χ4v) is 3.48. The van der Waals surface area contributed by atoms with Crippen LogP contribution < -0.4 is 0 Å². The van der Waals surface area contributed by atoms with Crippen molar-refractivity contribution in [2.45, 2.75) is 25.9 Å². The number of carboxylic acid groups (broad SMARTS) is 1. The van der Waals surface area contributed by atoms with E-state index in [1.165, 1.54) is 11.4 Å². The molecule has 8 heteroatoms. The van der Waals surface area contributed by atoms with E-state index in [0.717, 1.165) is 10.7 Å². The number of ether oxygens (including phenoxy) is 1. The van der Waals surface area contributed by atoms with Gasteiger partial charge in [0.25, 0.3) is 10.2 Å². The molecule has 0 aromatic carbocycles. The summed E-state index contributed by atoms with van der Waals surface area (Å²) in [7, 11) is -0.625. The zero-order valence-corrected chi connectivity index (χ0v) is 12.4. The molecule has 2 unspecified atom stereocenters. The molecule has 0 amide bonds. The summed E-state index contributed by atoms with van der Waals surface area (Å²) in [6.45, 7) is 2.77. The first-order chi connectivity index (χ1) is 8.78. The maximum absolute atomic E-state index is 12.3. The minimum atomic E-state index is -3.60. The molecular weight excluding hydrogens is 272 g/mol. The number of rotatable bonds is 6. The van der Waals surface area contributed by atoms with Crippen molar-refractivity contribution >= 4 is 16.2 Å². The summed E-state index contributed by atoms with van der Waals surface area (Å²) in [6.07, 6.45) is 0.425. The van der Waals surface area contributed by atoms with Crippen LogP contribution in [-0.4, -0.2) is 68.0 Å². The first-order valence-electron chi connectivity index (χ1n) is 6.25. The monoisotopic (exact) mass is 294 g/mol. The Bertz CT molecular complexity index is 411. The summed E-state index contributed by atoms with van der Waals surface area (Å²) < 4.78 is 32.3. The lowest BCUT2D eigenvalue weighted by Crippen LogP contribution is -2.51. The van der Waals surface area contributed by atoms with Crippen molar-refractivity contribution in [3.63, 3.8) is 0 Å². The van der Waals surface area contributed by atoms with E-state index in [1.807, 2.05) is 6.92 Å². The van der Waals surface area contributed by atoms with E-state index in [1.54, 1.807) is 7.11 Å². The highest BCUT2D eigenvalue weighted by Crippen LogP contribution is 2.22. The highest BCUT2D eigenvalue weighted by Gasteiger charge is 2.35. The van der Waals surface area contributed by atoms with E-state index in [2.05, 4.69) is 0 Å². The molecule has 112 valence electrons. The Morgan fingerprint density at radius 2 is 2.16 bits per heavy atom. The Morgan fingerprint density at radius 1 is 1.53 bits per heavy atom. The van der Waals surface area contributed by atoms with Gasteiger partial charge in [-0.2, -0.15) is 17.0 Å². The average Bonchev–Trinajstić information content (AvgIpc) is 2.35. The van der Waals surface area contributed by atoms with Crippen LogP contribution in [0.5, 0.6) is 0 Å². The molecular formula is C11H22N2O5S. The van der Waals surface area contributed by atoms with Crippen LogP contribution in [0.25, 0.3) is 0 Å². The second-order valence-corrected chi connectivity index (χ2v) is 6.91. The number of piperidine rings is 1. The van der Waals surface area contributed by atoms with E-state index in [9.17, 15) is 13.2 Å². The number of aliphatic carboxylic acids is 1. The van der Waals surface area contributed by atoms with E-state index in [-0.39, 0.29) is 19.1 Å². The largest absolute Gasteiger partial charge is 0.481 e.